The van der Waals surface area contributed by atoms with Gasteiger partial charge in [-0.1, -0.05) is 31.5 Å². The molecule has 2 aliphatic heterocycles. The van der Waals surface area contributed by atoms with E-state index < -0.39 is 11.5 Å². The highest BCUT2D eigenvalue weighted by Crippen LogP contribution is 2.58. The second kappa shape index (κ2) is 15.8. The second-order valence-corrected chi connectivity index (χ2v) is 18.1. The zero-order valence-corrected chi connectivity index (χ0v) is 33.9. The molecule has 2 aromatic carbocycles. The number of rotatable bonds is 11. The Morgan fingerprint density at radius 3 is 2.69 bits per heavy atom. The van der Waals surface area contributed by atoms with Crippen LogP contribution in [0, 0.1) is 11.8 Å². The zero-order chi connectivity index (χ0) is 38.3. The van der Waals surface area contributed by atoms with Gasteiger partial charge < -0.3 is 29.5 Å². The predicted molar refractivity (Wildman–Crippen MR) is 217 cm³/mol. The number of pyridine rings is 1. The van der Waals surface area contributed by atoms with E-state index in [-0.39, 0.29) is 11.5 Å². The number of likely N-dealkylation sites (tertiary alicyclic amines) is 1. The molecule has 1 saturated carbocycles. The summed E-state index contributed by atoms with van der Waals surface area (Å²) in [5, 5.41) is 14.8. The van der Waals surface area contributed by atoms with Gasteiger partial charge in [-0.2, -0.15) is 0 Å². The molecule has 3 heterocycles. The number of nitrogens with one attached hydrogen (secondary N) is 1. The van der Waals surface area contributed by atoms with Crippen LogP contribution in [0.2, 0.25) is 5.02 Å². The van der Waals surface area contributed by atoms with Gasteiger partial charge in [0, 0.05) is 40.8 Å². The summed E-state index contributed by atoms with van der Waals surface area (Å²) in [5.74, 6) is 2.93. The molecule has 4 atom stereocenters. The SMILES string of the molecule is C[C@@H](COc1ccnc2c1[C@H](C)CCC2)C[C@H]1Cc2cc3c(cc2C12CCC(Nc1cccc(Cl)c1)(C(=O)O)CC2)O[C@H](CN(C)C1CCN(C)CC1)CO3. The fourth-order valence-corrected chi connectivity index (χ4v) is 10.9. The van der Waals surface area contributed by atoms with Crippen molar-refractivity contribution in [2.45, 2.75) is 113 Å². The number of hydrogen-bond acceptors (Lipinski definition) is 8. The maximum atomic E-state index is 13.1. The Morgan fingerprint density at radius 2 is 1.93 bits per heavy atom. The number of benzene rings is 2. The van der Waals surface area contributed by atoms with Crippen molar-refractivity contribution < 1.29 is 24.1 Å². The van der Waals surface area contributed by atoms with Gasteiger partial charge in [0.1, 0.15) is 24.0 Å². The number of ether oxygens (including phenoxy) is 3. The molecule has 2 N–H and O–H groups in total. The number of likely N-dealkylation sites (N-methyl/N-ethyl adjacent to an activating group) is 1. The highest BCUT2D eigenvalue weighted by molar-refractivity contribution is 6.30. The third-order valence-electron chi connectivity index (χ3n) is 13.9. The van der Waals surface area contributed by atoms with Crippen molar-refractivity contribution in [3.05, 3.63) is 76.1 Å². The van der Waals surface area contributed by atoms with Crippen LogP contribution in [-0.4, -0.2) is 90.5 Å². The highest BCUT2D eigenvalue weighted by atomic mass is 35.5. The summed E-state index contributed by atoms with van der Waals surface area (Å²) in [7, 11) is 4.42. The number of aryl methyl sites for hydroxylation is 1. The molecule has 55 heavy (non-hydrogen) atoms. The van der Waals surface area contributed by atoms with Crippen LogP contribution in [0.3, 0.4) is 0 Å². The van der Waals surface area contributed by atoms with Gasteiger partial charge in [-0.15, -0.1) is 0 Å². The molecule has 1 aromatic heterocycles. The summed E-state index contributed by atoms with van der Waals surface area (Å²) >= 11 is 6.33. The molecule has 0 radical (unpaired) electrons. The van der Waals surface area contributed by atoms with E-state index in [0.717, 1.165) is 74.7 Å². The van der Waals surface area contributed by atoms with Gasteiger partial charge in [-0.3, -0.25) is 9.88 Å². The molecule has 296 valence electrons. The number of hydrogen-bond donors (Lipinski definition) is 2. The van der Waals surface area contributed by atoms with Gasteiger partial charge in [-0.25, -0.2) is 4.79 Å². The van der Waals surface area contributed by atoms with Gasteiger partial charge in [0.25, 0.3) is 0 Å². The van der Waals surface area contributed by atoms with Crippen molar-refractivity contribution in [3.8, 4) is 17.2 Å². The Kier molecular flexibility index (Phi) is 11.0. The van der Waals surface area contributed by atoms with Crippen LogP contribution in [0.1, 0.15) is 99.9 Å². The van der Waals surface area contributed by atoms with Crippen molar-refractivity contribution in [2.24, 2.45) is 11.8 Å². The van der Waals surface area contributed by atoms with Crippen molar-refractivity contribution in [1.29, 1.82) is 0 Å². The van der Waals surface area contributed by atoms with E-state index in [1.807, 2.05) is 36.5 Å². The maximum Gasteiger partial charge on any atom is 0.329 e. The molecule has 2 fully saturated rings. The summed E-state index contributed by atoms with van der Waals surface area (Å²) in [4.78, 5) is 22.7. The van der Waals surface area contributed by atoms with Crippen molar-refractivity contribution in [2.75, 3.05) is 52.3 Å². The van der Waals surface area contributed by atoms with Crippen LogP contribution in [0.25, 0.3) is 0 Å². The summed E-state index contributed by atoms with van der Waals surface area (Å²) in [5.41, 5.74) is 4.58. The van der Waals surface area contributed by atoms with E-state index in [1.54, 1.807) is 0 Å². The van der Waals surface area contributed by atoms with E-state index in [0.29, 0.717) is 54.9 Å². The Balaban J connectivity index is 1.03. The van der Waals surface area contributed by atoms with E-state index in [4.69, 9.17) is 30.8 Å². The lowest BCUT2D eigenvalue weighted by atomic mass is 9.59. The van der Waals surface area contributed by atoms with Gasteiger partial charge in [-0.05, 0) is 169 Å². The lowest BCUT2D eigenvalue weighted by Gasteiger charge is -2.47. The van der Waals surface area contributed by atoms with Gasteiger partial charge in [0.2, 0.25) is 0 Å². The number of carbonyl (C=O) groups is 1. The third kappa shape index (κ3) is 7.78. The minimum Gasteiger partial charge on any atom is -0.493 e. The number of aromatic nitrogens is 1. The smallest absolute Gasteiger partial charge is 0.329 e. The molecule has 8 rings (SSSR count). The molecule has 1 spiro atoms. The fourth-order valence-electron chi connectivity index (χ4n) is 10.7. The number of nitrogens with zero attached hydrogens (tertiary/aromatic N) is 3. The summed E-state index contributed by atoms with van der Waals surface area (Å²) in [6, 6.07) is 14.5. The van der Waals surface area contributed by atoms with E-state index >= 15 is 0 Å². The molecule has 10 heteroatoms. The molecule has 1 saturated heterocycles. The molecule has 3 aliphatic carbocycles. The molecular weight excluding hydrogens is 712 g/mol. The minimum atomic E-state index is -1.08. The first kappa shape index (κ1) is 38.3. The largest absolute Gasteiger partial charge is 0.493 e. The molecule has 0 bridgehead atoms. The van der Waals surface area contributed by atoms with Gasteiger partial charge in [0.05, 0.1) is 6.61 Å². The van der Waals surface area contributed by atoms with E-state index in [9.17, 15) is 9.90 Å². The number of piperidine rings is 1. The summed E-state index contributed by atoms with van der Waals surface area (Å²) < 4.78 is 19.9. The average molecular weight is 771 g/mol. The number of anilines is 1. The Hall–Kier alpha value is -3.53. The van der Waals surface area contributed by atoms with Crippen molar-refractivity contribution in [1.82, 2.24) is 14.8 Å². The Bertz CT molecular complexity index is 1850. The van der Waals surface area contributed by atoms with Gasteiger partial charge >= 0.3 is 5.97 Å². The highest BCUT2D eigenvalue weighted by Gasteiger charge is 2.54. The summed E-state index contributed by atoms with van der Waals surface area (Å²) in [6.45, 7) is 8.86. The second-order valence-electron chi connectivity index (χ2n) is 17.7. The third-order valence-corrected chi connectivity index (χ3v) is 14.1. The number of fused-ring (bicyclic) bond motifs is 4. The fraction of sp³-hybridized carbons (Fsp3) is 0.600. The predicted octanol–water partition coefficient (Wildman–Crippen LogP) is 8.37. The lowest BCUT2D eigenvalue weighted by Crippen LogP contribution is -2.53. The molecule has 5 aliphatic rings. The first-order valence-electron chi connectivity index (χ1n) is 20.8. The van der Waals surface area contributed by atoms with E-state index in [1.165, 1.54) is 48.1 Å². The standard InChI is InChI=1S/C45H59ClN4O5/c1-29(27-53-39-11-18-47-38-10-5-7-30(2)42(38)39)21-32-22-31-23-40-41(55-36(28-54-40)26-50(4)35-12-19-49(3)20-13-35)25-37(31)44(32)14-16-45(17-15-44,43(51)52)48-34-9-6-8-33(46)24-34/h6,8-9,11,18,23-25,29-30,32,35-36,48H,5,7,10,12-17,19-22,26-28H2,1-4H3,(H,51,52)/t29-,30-,32+,36-,44?,45?/m1/s1. The molecular formula is C45H59ClN4O5. The lowest BCUT2D eigenvalue weighted by molar-refractivity contribution is -0.144. The molecule has 0 amide bonds. The molecule has 9 nitrogen and oxygen atoms in total. The Morgan fingerprint density at radius 1 is 1.13 bits per heavy atom. The first-order valence-corrected chi connectivity index (χ1v) is 21.1. The Labute approximate surface area is 332 Å². The monoisotopic (exact) mass is 770 g/mol. The van der Waals surface area contributed by atoms with Crippen molar-refractivity contribution >= 4 is 23.3 Å². The zero-order valence-electron chi connectivity index (χ0n) is 33.1. The average Bonchev–Trinajstić information content (AvgIpc) is 3.44. The topological polar surface area (TPSA) is 96.4 Å². The quantitative estimate of drug-likeness (QED) is 0.200. The van der Waals surface area contributed by atoms with Crippen LogP contribution in [-0.2, 0) is 23.1 Å². The van der Waals surface area contributed by atoms with E-state index in [2.05, 4.69) is 55.2 Å². The van der Waals surface area contributed by atoms with Crippen LogP contribution in [0.5, 0.6) is 17.2 Å². The van der Waals surface area contributed by atoms with Crippen molar-refractivity contribution in [3.63, 3.8) is 0 Å². The number of aliphatic carboxylic acids is 1. The maximum absolute atomic E-state index is 13.1. The number of halogens is 1. The van der Waals surface area contributed by atoms with Crippen LogP contribution < -0.4 is 19.5 Å². The molecule has 3 aromatic rings. The first-order chi connectivity index (χ1) is 26.5. The number of carboxylic acids is 1. The minimum absolute atomic E-state index is 0.0462. The molecule has 0 unspecified atom stereocenters. The number of carboxylic acid groups (broad SMARTS) is 1. The summed E-state index contributed by atoms with van der Waals surface area (Å²) in [6.07, 6.45) is 12.0. The van der Waals surface area contributed by atoms with Crippen LogP contribution in [0.15, 0.2) is 48.7 Å². The van der Waals surface area contributed by atoms with Crippen LogP contribution in [0.4, 0.5) is 5.69 Å². The normalized spacial score (nSPS) is 28.4. The van der Waals surface area contributed by atoms with Gasteiger partial charge in [0.15, 0.2) is 11.5 Å². The van der Waals surface area contributed by atoms with Crippen LogP contribution >= 0.6 is 11.6 Å².